The molecule has 2 N–H and O–H groups in total. The van der Waals surface area contributed by atoms with Gasteiger partial charge in [-0.3, -0.25) is 9.89 Å². The van der Waals surface area contributed by atoms with Crippen molar-refractivity contribution in [2.45, 2.75) is 58.5 Å². The van der Waals surface area contributed by atoms with Crippen molar-refractivity contribution in [3.05, 3.63) is 35.4 Å². The number of nitrogens with zero attached hydrogens (tertiary/aromatic N) is 2. The fraction of sp³-hybridized carbons (Fsp3) is 0.650. The average molecular weight is 458 g/mol. The number of benzene rings is 1. The third-order valence-corrected chi connectivity index (χ3v) is 4.91. The molecule has 4 nitrogen and oxygen atoms in total. The molecule has 1 aliphatic carbocycles. The zero-order valence-electron chi connectivity index (χ0n) is 16.4. The van der Waals surface area contributed by atoms with Crippen LogP contribution in [-0.2, 0) is 6.42 Å². The predicted octanol–water partition coefficient (Wildman–Crippen LogP) is 3.62. The maximum Gasteiger partial charge on any atom is 0.190 e. The van der Waals surface area contributed by atoms with Gasteiger partial charge in [0.05, 0.1) is 0 Å². The molecule has 142 valence electrons. The zero-order chi connectivity index (χ0) is 17.5. The first-order valence-electron chi connectivity index (χ1n) is 9.31. The molecular formula is C20H35IN4. The number of halogens is 1. The number of hydrogen-bond acceptors (Lipinski definition) is 2. The van der Waals surface area contributed by atoms with Gasteiger partial charge in [0.15, 0.2) is 5.96 Å². The summed E-state index contributed by atoms with van der Waals surface area (Å²) < 4.78 is 0. The number of fused-ring (bicyclic) bond motifs is 1. The Kier molecular flexibility index (Phi) is 9.79. The van der Waals surface area contributed by atoms with Crippen LogP contribution >= 0.6 is 24.0 Å². The fourth-order valence-electron chi connectivity index (χ4n) is 3.57. The predicted molar refractivity (Wildman–Crippen MR) is 119 cm³/mol. The lowest BCUT2D eigenvalue weighted by Crippen LogP contribution is -2.43. The van der Waals surface area contributed by atoms with E-state index in [4.69, 9.17) is 0 Å². The summed E-state index contributed by atoms with van der Waals surface area (Å²) in [5, 5.41) is 6.91. The Bertz CT molecular complexity index is 534. The molecule has 1 aromatic carbocycles. The standard InChI is InChI=1S/C20H34N4.HI/c1-15(2)24(16(3)4)12-8-11-22-20(21-5)23-14-18-13-17-9-6-7-10-19(17)18;/h6-7,9-10,15-16,18H,8,11-14H2,1-5H3,(H2,21,22,23);1H. The van der Waals surface area contributed by atoms with Crippen LogP contribution < -0.4 is 10.6 Å². The first-order chi connectivity index (χ1) is 11.5. The van der Waals surface area contributed by atoms with Gasteiger partial charge >= 0.3 is 0 Å². The van der Waals surface area contributed by atoms with Crippen molar-refractivity contribution in [3.63, 3.8) is 0 Å². The second-order valence-electron chi connectivity index (χ2n) is 7.26. The van der Waals surface area contributed by atoms with Crippen molar-refractivity contribution in [2.24, 2.45) is 4.99 Å². The normalized spacial score (nSPS) is 16.5. The molecule has 0 amide bonds. The lowest BCUT2D eigenvalue weighted by Gasteiger charge is -2.31. The number of nitrogens with one attached hydrogen (secondary N) is 2. The Morgan fingerprint density at radius 1 is 1.16 bits per heavy atom. The van der Waals surface area contributed by atoms with E-state index >= 15 is 0 Å². The van der Waals surface area contributed by atoms with Crippen LogP contribution in [0, 0.1) is 0 Å². The van der Waals surface area contributed by atoms with Crippen molar-refractivity contribution in [2.75, 3.05) is 26.7 Å². The molecule has 1 unspecified atom stereocenters. The number of guanidine groups is 1. The third-order valence-electron chi connectivity index (χ3n) is 4.91. The van der Waals surface area contributed by atoms with Crippen molar-refractivity contribution < 1.29 is 0 Å². The molecule has 0 fully saturated rings. The smallest absolute Gasteiger partial charge is 0.190 e. The number of aliphatic imine (C=N–C) groups is 1. The fourth-order valence-corrected chi connectivity index (χ4v) is 3.57. The maximum atomic E-state index is 4.34. The summed E-state index contributed by atoms with van der Waals surface area (Å²) in [4.78, 5) is 6.87. The van der Waals surface area contributed by atoms with E-state index in [-0.39, 0.29) is 24.0 Å². The highest BCUT2D eigenvalue weighted by Crippen LogP contribution is 2.33. The highest BCUT2D eigenvalue weighted by molar-refractivity contribution is 14.0. The highest BCUT2D eigenvalue weighted by atomic mass is 127. The SMILES string of the molecule is CN=C(NCCCN(C(C)C)C(C)C)NCC1Cc2ccccc21.I. The van der Waals surface area contributed by atoms with Crippen LogP contribution in [0.1, 0.15) is 51.2 Å². The van der Waals surface area contributed by atoms with E-state index in [1.807, 2.05) is 7.05 Å². The Labute approximate surface area is 170 Å². The molecule has 1 atom stereocenters. The molecule has 1 aromatic rings. The van der Waals surface area contributed by atoms with Crippen molar-refractivity contribution in [3.8, 4) is 0 Å². The molecule has 1 aliphatic rings. The van der Waals surface area contributed by atoms with E-state index in [9.17, 15) is 0 Å². The van der Waals surface area contributed by atoms with Gasteiger partial charge in [-0.1, -0.05) is 24.3 Å². The molecule has 0 radical (unpaired) electrons. The summed E-state index contributed by atoms with van der Waals surface area (Å²) in [6.45, 7) is 12.1. The van der Waals surface area contributed by atoms with Gasteiger partial charge in [0, 0.05) is 44.7 Å². The summed E-state index contributed by atoms with van der Waals surface area (Å²) in [5.41, 5.74) is 2.99. The average Bonchev–Trinajstić information content (AvgIpc) is 2.52. The van der Waals surface area contributed by atoms with Gasteiger partial charge in [-0.15, -0.1) is 24.0 Å². The van der Waals surface area contributed by atoms with Crippen molar-refractivity contribution in [1.29, 1.82) is 0 Å². The van der Waals surface area contributed by atoms with Crippen LogP contribution in [0.5, 0.6) is 0 Å². The minimum Gasteiger partial charge on any atom is -0.356 e. The first kappa shape index (κ1) is 22.2. The molecule has 0 aromatic heterocycles. The van der Waals surface area contributed by atoms with Gasteiger partial charge in [0.1, 0.15) is 0 Å². The minimum absolute atomic E-state index is 0. The van der Waals surface area contributed by atoms with Crippen molar-refractivity contribution in [1.82, 2.24) is 15.5 Å². The lowest BCUT2D eigenvalue weighted by molar-refractivity contribution is 0.173. The van der Waals surface area contributed by atoms with Crippen LogP contribution in [0.2, 0.25) is 0 Å². The summed E-state index contributed by atoms with van der Waals surface area (Å²) in [7, 11) is 1.85. The Balaban J connectivity index is 0.00000312. The quantitative estimate of drug-likeness (QED) is 0.271. The Morgan fingerprint density at radius 3 is 2.44 bits per heavy atom. The van der Waals surface area contributed by atoms with E-state index < -0.39 is 0 Å². The molecule has 25 heavy (non-hydrogen) atoms. The zero-order valence-corrected chi connectivity index (χ0v) is 18.7. The van der Waals surface area contributed by atoms with Crippen LogP contribution in [0.15, 0.2) is 29.3 Å². The lowest BCUT2D eigenvalue weighted by atomic mass is 9.78. The number of hydrogen-bond donors (Lipinski definition) is 2. The number of rotatable bonds is 8. The van der Waals surface area contributed by atoms with Gasteiger partial charge in [-0.2, -0.15) is 0 Å². The molecule has 0 saturated carbocycles. The van der Waals surface area contributed by atoms with E-state index in [0.29, 0.717) is 18.0 Å². The van der Waals surface area contributed by atoms with Gasteiger partial charge in [0.2, 0.25) is 0 Å². The van der Waals surface area contributed by atoms with E-state index in [1.165, 1.54) is 17.5 Å². The molecule has 5 heteroatoms. The first-order valence-corrected chi connectivity index (χ1v) is 9.31. The summed E-state index contributed by atoms with van der Waals surface area (Å²) >= 11 is 0. The Morgan fingerprint density at radius 2 is 1.84 bits per heavy atom. The van der Waals surface area contributed by atoms with Crippen LogP contribution in [0.4, 0.5) is 0 Å². The minimum atomic E-state index is 0. The highest BCUT2D eigenvalue weighted by Gasteiger charge is 2.25. The topological polar surface area (TPSA) is 39.7 Å². The molecule has 2 rings (SSSR count). The molecule has 0 saturated heterocycles. The van der Waals surface area contributed by atoms with Gasteiger partial charge in [-0.05, 0) is 51.7 Å². The van der Waals surface area contributed by atoms with Gasteiger partial charge < -0.3 is 10.6 Å². The molecule has 0 spiro atoms. The second kappa shape index (κ2) is 11.0. The van der Waals surface area contributed by atoms with Crippen molar-refractivity contribution >= 4 is 29.9 Å². The second-order valence-corrected chi connectivity index (χ2v) is 7.26. The largest absolute Gasteiger partial charge is 0.356 e. The summed E-state index contributed by atoms with van der Waals surface area (Å²) in [6, 6.07) is 9.93. The van der Waals surface area contributed by atoms with E-state index in [1.54, 1.807) is 0 Å². The van der Waals surface area contributed by atoms with Crippen LogP contribution in [0.3, 0.4) is 0 Å². The van der Waals surface area contributed by atoms with Gasteiger partial charge in [0.25, 0.3) is 0 Å². The molecule has 0 heterocycles. The summed E-state index contributed by atoms with van der Waals surface area (Å²) in [5.74, 6) is 1.54. The monoisotopic (exact) mass is 458 g/mol. The van der Waals surface area contributed by atoms with E-state index in [2.05, 4.69) is 72.5 Å². The summed E-state index contributed by atoms with van der Waals surface area (Å²) in [6.07, 6.45) is 2.31. The molecular weight excluding hydrogens is 423 g/mol. The molecule has 0 aliphatic heterocycles. The van der Waals surface area contributed by atoms with E-state index in [0.717, 1.165) is 32.0 Å². The van der Waals surface area contributed by atoms with Crippen LogP contribution in [-0.4, -0.2) is 49.6 Å². The molecule has 0 bridgehead atoms. The maximum absolute atomic E-state index is 4.34. The Hall–Kier alpha value is -0.820. The van der Waals surface area contributed by atoms with Crippen LogP contribution in [0.25, 0.3) is 0 Å². The third kappa shape index (κ3) is 6.44. The van der Waals surface area contributed by atoms with Gasteiger partial charge in [-0.25, -0.2) is 0 Å².